The van der Waals surface area contributed by atoms with Crippen molar-refractivity contribution >= 4 is 5.97 Å². The molecule has 0 spiro atoms. The molecule has 74 valence electrons. The maximum atomic E-state index is 10.2. The van der Waals surface area contributed by atoms with Crippen molar-refractivity contribution in [1.82, 2.24) is 0 Å². The van der Waals surface area contributed by atoms with E-state index in [0.717, 1.165) is 11.6 Å². The van der Waals surface area contributed by atoms with Gasteiger partial charge in [0.15, 0.2) is 0 Å². The lowest BCUT2D eigenvalue weighted by Crippen LogP contribution is -2.20. The summed E-state index contributed by atoms with van der Waals surface area (Å²) in [6.07, 6.45) is 3.23. The fourth-order valence-corrected chi connectivity index (χ4v) is 1.16. The van der Waals surface area contributed by atoms with Crippen molar-refractivity contribution in [1.29, 1.82) is 0 Å². The number of benzene rings is 1. The molecule has 0 amide bonds. The number of rotatable bonds is 4. The van der Waals surface area contributed by atoms with Gasteiger partial charge in [-0.25, -0.2) is 4.79 Å². The second-order valence-corrected chi connectivity index (χ2v) is 3.05. The Kier molecular flexibility index (Phi) is 3.88. The van der Waals surface area contributed by atoms with E-state index < -0.39 is 5.97 Å². The number of hydrogen-bond donors (Lipinski definition) is 2. The van der Waals surface area contributed by atoms with Crippen molar-refractivity contribution in [2.45, 2.75) is 12.5 Å². The van der Waals surface area contributed by atoms with Gasteiger partial charge in [0.1, 0.15) is 0 Å². The Morgan fingerprint density at radius 2 is 2.07 bits per heavy atom. The largest absolute Gasteiger partial charge is 0.478 e. The van der Waals surface area contributed by atoms with E-state index in [0.29, 0.717) is 6.42 Å². The van der Waals surface area contributed by atoms with Crippen molar-refractivity contribution in [3.63, 3.8) is 0 Å². The van der Waals surface area contributed by atoms with Crippen molar-refractivity contribution in [3.05, 3.63) is 48.0 Å². The first-order valence-corrected chi connectivity index (χ1v) is 4.39. The molecule has 3 nitrogen and oxygen atoms in total. The minimum Gasteiger partial charge on any atom is -0.478 e. The van der Waals surface area contributed by atoms with Crippen LogP contribution in [0.4, 0.5) is 0 Å². The molecule has 0 aromatic heterocycles. The van der Waals surface area contributed by atoms with E-state index in [2.05, 4.69) is 0 Å². The summed E-state index contributed by atoms with van der Waals surface area (Å²) in [6, 6.07) is 9.49. The van der Waals surface area contributed by atoms with Crippen molar-refractivity contribution in [2.24, 2.45) is 5.73 Å². The zero-order valence-electron chi connectivity index (χ0n) is 7.76. The van der Waals surface area contributed by atoms with Gasteiger partial charge in [-0.1, -0.05) is 36.4 Å². The molecule has 14 heavy (non-hydrogen) atoms. The minimum absolute atomic E-state index is 0.242. The second-order valence-electron chi connectivity index (χ2n) is 3.05. The lowest BCUT2D eigenvalue weighted by Gasteiger charge is -2.05. The van der Waals surface area contributed by atoms with Gasteiger partial charge in [0.2, 0.25) is 0 Å². The summed E-state index contributed by atoms with van der Waals surface area (Å²) in [4.78, 5) is 10.2. The summed E-state index contributed by atoms with van der Waals surface area (Å²) >= 11 is 0. The Morgan fingerprint density at radius 3 is 2.64 bits per heavy atom. The molecule has 1 rings (SSSR count). The molecule has 1 aromatic carbocycles. The number of carboxylic acids is 1. The number of nitrogens with two attached hydrogens (primary N) is 1. The van der Waals surface area contributed by atoms with Crippen LogP contribution < -0.4 is 5.73 Å². The normalized spacial score (nSPS) is 12.9. The molecular formula is C11H13NO2. The standard InChI is InChI=1S/C11H13NO2/c12-10(6-7-11(13)14)8-9-4-2-1-3-5-9/h1-7,10H,8,12H2,(H,13,14)/b7-6+. The fraction of sp³-hybridized carbons (Fsp3) is 0.182. The third kappa shape index (κ3) is 3.87. The monoisotopic (exact) mass is 191 g/mol. The van der Waals surface area contributed by atoms with Crippen LogP contribution in [0.15, 0.2) is 42.5 Å². The highest BCUT2D eigenvalue weighted by molar-refractivity contribution is 5.79. The van der Waals surface area contributed by atoms with Crippen LogP contribution in [0.3, 0.4) is 0 Å². The first-order chi connectivity index (χ1) is 6.68. The summed E-state index contributed by atoms with van der Waals surface area (Å²) < 4.78 is 0. The molecule has 0 heterocycles. The van der Waals surface area contributed by atoms with Gasteiger partial charge < -0.3 is 10.8 Å². The summed E-state index contributed by atoms with van der Waals surface area (Å²) in [5.41, 5.74) is 6.81. The van der Waals surface area contributed by atoms with E-state index in [1.165, 1.54) is 6.08 Å². The predicted molar refractivity (Wildman–Crippen MR) is 54.9 cm³/mol. The molecule has 1 atom stereocenters. The van der Waals surface area contributed by atoms with E-state index in [4.69, 9.17) is 10.8 Å². The average Bonchev–Trinajstić information content (AvgIpc) is 2.16. The molecule has 0 aliphatic carbocycles. The highest BCUT2D eigenvalue weighted by Gasteiger charge is 1.99. The molecule has 1 aromatic rings. The Labute approximate surface area is 82.9 Å². The molecule has 0 radical (unpaired) electrons. The van der Waals surface area contributed by atoms with Crippen LogP contribution in [0.5, 0.6) is 0 Å². The highest BCUT2D eigenvalue weighted by Crippen LogP contribution is 2.02. The molecule has 3 N–H and O–H groups in total. The van der Waals surface area contributed by atoms with E-state index in [1.807, 2.05) is 30.3 Å². The summed E-state index contributed by atoms with van der Waals surface area (Å²) in [5.74, 6) is -0.964. The van der Waals surface area contributed by atoms with Crippen molar-refractivity contribution in [3.8, 4) is 0 Å². The first kappa shape index (κ1) is 10.5. The number of hydrogen-bond acceptors (Lipinski definition) is 2. The van der Waals surface area contributed by atoms with Crippen molar-refractivity contribution in [2.75, 3.05) is 0 Å². The molecule has 1 unspecified atom stereocenters. The van der Waals surface area contributed by atoms with Crippen LogP contribution in [0.2, 0.25) is 0 Å². The molecule has 0 bridgehead atoms. The van der Waals surface area contributed by atoms with Gasteiger partial charge in [-0.05, 0) is 12.0 Å². The third-order valence-electron chi connectivity index (χ3n) is 1.80. The zero-order chi connectivity index (χ0) is 10.4. The van der Waals surface area contributed by atoms with Crippen LogP contribution >= 0.6 is 0 Å². The molecule has 0 saturated heterocycles. The van der Waals surface area contributed by atoms with Gasteiger partial charge >= 0.3 is 5.97 Å². The quantitative estimate of drug-likeness (QED) is 0.703. The Hall–Kier alpha value is -1.61. The van der Waals surface area contributed by atoms with E-state index >= 15 is 0 Å². The van der Waals surface area contributed by atoms with E-state index in [-0.39, 0.29) is 6.04 Å². The lowest BCUT2D eigenvalue weighted by atomic mass is 10.1. The van der Waals surface area contributed by atoms with Crippen LogP contribution in [0.1, 0.15) is 5.56 Å². The van der Waals surface area contributed by atoms with E-state index in [1.54, 1.807) is 0 Å². The number of carbonyl (C=O) groups is 1. The number of carboxylic acid groups (broad SMARTS) is 1. The first-order valence-electron chi connectivity index (χ1n) is 4.39. The van der Waals surface area contributed by atoms with Gasteiger partial charge in [0.05, 0.1) is 0 Å². The van der Waals surface area contributed by atoms with Crippen LogP contribution in [-0.4, -0.2) is 17.1 Å². The van der Waals surface area contributed by atoms with Crippen LogP contribution in [-0.2, 0) is 11.2 Å². The Morgan fingerprint density at radius 1 is 1.43 bits per heavy atom. The molecule has 0 aliphatic heterocycles. The minimum atomic E-state index is -0.964. The summed E-state index contributed by atoms with van der Waals surface area (Å²) in [6.45, 7) is 0. The molecule has 0 fully saturated rings. The maximum Gasteiger partial charge on any atom is 0.328 e. The fourth-order valence-electron chi connectivity index (χ4n) is 1.16. The molecule has 0 aliphatic rings. The molecular weight excluding hydrogens is 178 g/mol. The maximum absolute atomic E-state index is 10.2. The van der Waals surface area contributed by atoms with Gasteiger partial charge in [0, 0.05) is 12.1 Å². The summed E-state index contributed by atoms with van der Waals surface area (Å²) in [5, 5.41) is 8.39. The SMILES string of the molecule is NC(/C=C/C(=O)O)Cc1ccccc1. The van der Waals surface area contributed by atoms with Crippen molar-refractivity contribution < 1.29 is 9.90 Å². The topological polar surface area (TPSA) is 63.3 Å². The zero-order valence-corrected chi connectivity index (χ0v) is 7.76. The van der Waals surface area contributed by atoms with Gasteiger partial charge in [0.25, 0.3) is 0 Å². The predicted octanol–water partition coefficient (Wildman–Crippen LogP) is 1.20. The Bertz CT molecular complexity index is 319. The summed E-state index contributed by atoms with van der Waals surface area (Å²) in [7, 11) is 0. The van der Waals surface area contributed by atoms with Gasteiger partial charge in [-0.3, -0.25) is 0 Å². The average molecular weight is 191 g/mol. The van der Waals surface area contributed by atoms with Gasteiger partial charge in [-0.2, -0.15) is 0 Å². The van der Waals surface area contributed by atoms with Gasteiger partial charge in [-0.15, -0.1) is 0 Å². The second kappa shape index (κ2) is 5.19. The molecule has 3 heteroatoms. The van der Waals surface area contributed by atoms with Crippen LogP contribution in [0, 0.1) is 0 Å². The molecule has 0 saturated carbocycles. The lowest BCUT2D eigenvalue weighted by molar-refractivity contribution is -0.131. The Balaban J connectivity index is 2.49. The smallest absolute Gasteiger partial charge is 0.328 e. The third-order valence-corrected chi connectivity index (χ3v) is 1.80. The number of aliphatic carboxylic acids is 1. The highest BCUT2D eigenvalue weighted by atomic mass is 16.4. The van der Waals surface area contributed by atoms with E-state index in [9.17, 15) is 4.79 Å². The van der Waals surface area contributed by atoms with Crippen LogP contribution in [0.25, 0.3) is 0 Å².